The summed E-state index contributed by atoms with van der Waals surface area (Å²) in [7, 11) is 0. The third-order valence-corrected chi connectivity index (χ3v) is 3.28. The van der Waals surface area contributed by atoms with Crippen LogP contribution in [0.25, 0.3) is 0 Å². The molecular weight excluding hydrogens is 335 g/mol. The Morgan fingerprint density at radius 2 is 1.88 bits per heavy atom. The summed E-state index contributed by atoms with van der Waals surface area (Å²) in [6, 6.07) is 11.5. The predicted octanol–water partition coefficient (Wildman–Crippen LogP) is 4.26. The van der Waals surface area contributed by atoms with Gasteiger partial charge in [-0.1, -0.05) is 24.3 Å². The van der Waals surface area contributed by atoms with E-state index < -0.39 is 24.3 Å². The van der Waals surface area contributed by atoms with Crippen LogP contribution >= 0.6 is 0 Å². The summed E-state index contributed by atoms with van der Waals surface area (Å²) in [4.78, 5) is 12.0. The van der Waals surface area contributed by atoms with Gasteiger partial charge in [-0.2, -0.15) is 13.2 Å². The number of amides is 1. The number of hydrogen-bond acceptors (Lipinski definition) is 3. The largest absolute Gasteiger partial charge is 0.484 e. The maximum absolute atomic E-state index is 12.7. The van der Waals surface area contributed by atoms with Crippen molar-refractivity contribution < 1.29 is 27.4 Å². The molecule has 0 saturated heterocycles. The fraction of sp³-hybridized carbons (Fsp3) is 0.278. The molecule has 2 rings (SSSR count). The molecule has 25 heavy (non-hydrogen) atoms. The first kappa shape index (κ1) is 18.8. The van der Waals surface area contributed by atoms with Gasteiger partial charge >= 0.3 is 6.18 Å². The minimum Gasteiger partial charge on any atom is -0.484 e. The Bertz CT molecular complexity index is 717. The highest BCUT2D eigenvalue weighted by molar-refractivity contribution is 5.92. The maximum atomic E-state index is 12.7. The Labute approximate surface area is 143 Å². The molecule has 0 fully saturated rings. The molecule has 0 radical (unpaired) electrons. The topological polar surface area (TPSA) is 47.6 Å². The standard InChI is InChI=1S/C18H18F3NO3/c1-2-24-11-13-6-3-4-9-16(13)22-17(23)12-25-15-8-5-7-14(10-15)18(19,20)21/h3-10H,2,11-12H2,1H3,(H,22,23). The van der Waals surface area contributed by atoms with Crippen molar-refractivity contribution in [3.05, 3.63) is 59.7 Å². The molecule has 4 nitrogen and oxygen atoms in total. The molecule has 1 N–H and O–H groups in total. The molecule has 1 amide bonds. The van der Waals surface area contributed by atoms with Crippen LogP contribution in [0.1, 0.15) is 18.1 Å². The summed E-state index contributed by atoms with van der Waals surface area (Å²) in [5, 5.41) is 2.67. The molecule has 0 aliphatic carbocycles. The molecule has 0 unspecified atom stereocenters. The van der Waals surface area contributed by atoms with Gasteiger partial charge < -0.3 is 14.8 Å². The van der Waals surface area contributed by atoms with E-state index in [1.54, 1.807) is 12.1 Å². The number of ether oxygens (including phenoxy) is 2. The van der Waals surface area contributed by atoms with E-state index >= 15 is 0 Å². The van der Waals surface area contributed by atoms with Gasteiger partial charge in [0, 0.05) is 17.9 Å². The number of nitrogens with one attached hydrogen (secondary N) is 1. The number of rotatable bonds is 7. The quantitative estimate of drug-likeness (QED) is 0.809. The number of anilines is 1. The second-order valence-corrected chi connectivity index (χ2v) is 5.16. The molecule has 0 bridgehead atoms. The molecule has 0 aliphatic heterocycles. The summed E-state index contributed by atoms with van der Waals surface area (Å²) >= 11 is 0. The van der Waals surface area contributed by atoms with E-state index in [9.17, 15) is 18.0 Å². The van der Waals surface area contributed by atoms with Gasteiger partial charge in [-0.25, -0.2) is 0 Å². The molecule has 7 heteroatoms. The van der Waals surface area contributed by atoms with Crippen LogP contribution in [0.4, 0.5) is 18.9 Å². The fourth-order valence-corrected chi connectivity index (χ4v) is 2.08. The Kier molecular flexibility index (Phi) is 6.41. The first-order valence-corrected chi connectivity index (χ1v) is 7.65. The van der Waals surface area contributed by atoms with Crippen molar-refractivity contribution in [3.8, 4) is 5.75 Å². The van der Waals surface area contributed by atoms with Crippen molar-refractivity contribution in [1.29, 1.82) is 0 Å². The van der Waals surface area contributed by atoms with E-state index in [1.807, 2.05) is 19.1 Å². The van der Waals surface area contributed by atoms with Crippen molar-refractivity contribution >= 4 is 11.6 Å². The van der Waals surface area contributed by atoms with Crippen molar-refractivity contribution in [2.24, 2.45) is 0 Å². The van der Waals surface area contributed by atoms with Crippen LogP contribution in [0, 0.1) is 0 Å². The lowest BCUT2D eigenvalue weighted by Gasteiger charge is -2.12. The molecule has 134 valence electrons. The summed E-state index contributed by atoms with van der Waals surface area (Å²) in [6.07, 6.45) is -4.46. The first-order chi connectivity index (χ1) is 11.9. The zero-order valence-corrected chi connectivity index (χ0v) is 13.6. The van der Waals surface area contributed by atoms with Crippen LogP contribution in [0.3, 0.4) is 0 Å². The van der Waals surface area contributed by atoms with Gasteiger partial charge in [-0.15, -0.1) is 0 Å². The highest BCUT2D eigenvalue weighted by Crippen LogP contribution is 2.31. The summed E-state index contributed by atoms with van der Waals surface area (Å²) in [6.45, 7) is 2.36. The average molecular weight is 353 g/mol. The number of hydrogen-bond donors (Lipinski definition) is 1. The number of carbonyl (C=O) groups excluding carboxylic acids is 1. The molecule has 2 aromatic rings. The van der Waals surface area contributed by atoms with Crippen molar-refractivity contribution in [2.75, 3.05) is 18.5 Å². The van der Waals surface area contributed by atoms with Crippen LogP contribution in [0.5, 0.6) is 5.75 Å². The number of alkyl halides is 3. The Morgan fingerprint density at radius 3 is 2.60 bits per heavy atom. The zero-order valence-electron chi connectivity index (χ0n) is 13.6. The Balaban J connectivity index is 1.96. The number of benzene rings is 2. The average Bonchev–Trinajstić information content (AvgIpc) is 2.59. The molecule has 0 saturated carbocycles. The lowest BCUT2D eigenvalue weighted by atomic mass is 10.2. The molecule has 0 atom stereocenters. The SMILES string of the molecule is CCOCc1ccccc1NC(=O)COc1cccc(C(F)(F)F)c1. The molecule has 0 heterocycles. The third-order valence-electron chi connectivity index (χ3n) is 3.28. The molecule has 2 aromatic carbocycles. The summed E-state index contributed by atoms with van der Waals surface area (Å²) < 4.78 is 48.4. The van der Waals surface area contributed by atoms with Crippen LogP contribution < -0.4 is 10.1 Å². The lowest BCUT2D eigenvalue weighted by molar-refractivity contribution is -0.137. The van der Waals surface area contributed by atoms with Gasteiger partial charge in [0.15, 0.2) is 6.61 Å². The van der Waals surface area contributed by atoms with E-state index in [0.29, 0.717) is 18.9 Å². The second kappa shape index (κ2) is 8.53. The zero-order chi connectivity index (χ0) is 18.3. The van der Waals surface area contributed by atoms with E-state index in [1.165, 1.54) is 12.1 Å². The lowest BCUT2D eigenvalue weighted by Crippen LogP contribution is -2.21. The summed E-state index contributed by atoms with van der Waals surface area (Å²) in [5.74, 6) is -0.492. The monoisotopic (exact) mass is 353 g/mol. The van der Waals surface area contributed by atoms with Gasteiger partial charge in [0.05, 0.1) is 12.2 Å². The summed E-state index contributed by atoms with van der Waals surface area (Å²) in [5.41, 5.74) is 0.554. The van der Waals surface area contributed by atoms with Crippen LogP contribution in [0.2, 0.25) is 0 Å². The second-order valence-electron chi connectivity index (χ2n) is 5.16. The maximum Gasteiger partial charge on any atom is 0.416 e. The number of carbonyl (C=O) groups is 1. The van der Waals surface area contributed by atoms with Gasteiger partial charge in [-0.3, -0.25) is 4.79 Å². The van der Waals surface area contributed by atoms with Crippen LogP contribution in [-0.4, -0.2) is 19.1 Å². The molecule has 0 aromatic heterocycles. The van der Waals surface area contributed by atoms with E-state index in [-0.39, 0.29) is 5.75 Å². The van der Waals surface area contributed by atoms with Crippen LogP contribution in [-0.2, 0) is 22.3 Å². The van der Waals surface area contributed by atoms with Crippen molar-refractivity contribution in [3.63, 3.8) is 0 Å². The van der Waals surface area contributed by atoms with Gasteiger partial charge in [0.1, 0.15) is 5.75 Å². The van der Waals surface area contributed by atoms with Gasteiger partial charge in [0.2, 0.25) is 0 Å². The minimum absolute atomic E-state index is 0.0208. The van der Waals surface area contributed by atoms with Crippen LogP contribution in [0.15, 0.2) is 48.5 Å². The third kappa shape index (κ3) is 5.79. The normalized spacial score (nSPS) is 11.2. The minimum atomic E-state index is -4.46. The van der Waals surface area contributed by atoms with E-state index in [2.05, 4.69) is 5.32 Å². The smallest absolute Gasteiger partial charge is 0.416 e. The number of para-hydroxylation sites is 1. The predicted molar refractivity (Wildman–Crippen MR) is 87.3 cm³/mol. The van der Waals surface area contributed by atoms with Gasteiger partial charge in [0.25, 0.3) is 5.91 Å². The molecule has 0 spiro atoms. The molecular formula is C18H18F3NO3. The highest BCUT2D eigenvalue weighted by Gasteiger charge is 2.30. The highest BCUT2D eigenvalue weighted by atomic mass is 19.4. The van der Waals surface area contributed by atoms with Crippen molar-refractivity contribution in [1.82, 2.24) is 0 Å². The first-order valence-electron chi connectivity index (χ1n) is 7.65. The Hall–Kier alpha value is -2.54. The fourth-order valence-electron chi connectivity index (χ4n) is 2.08. The van der Waals surface area contributed by atoms with E-state index in [0.717, 1.165) is 17.7 Å². The van der Waals surface area contributed by atoms with Crippen molar-refractivity contribution in [2.45, 2.75) is 19.7 Å². The van der Waals surface area contributed by atoms with E-state index in [4.69, 9.17) is 9.47 Å². The number of halogens is 3. The van der Waals surface area contributed by atoms with Gasteiger partial charge in [-0.05, 0) is 31.2 Å². The Morgan fingerprint density at radius 1 is 1.12 bits per heavy atom. The molecule has 0 aliphatic rings.